The van der Waals surface area contributed by atoms with Gasteiger partial charge in [-0.3, -0.25) is 9.59 Å². The number of carbonyl (C=O) groups is 2. The van der Waals surface area contributed by atoms with Crippen molar-refractivity contribution in [3.63, 3.8) is 0 Å². The van der Waals surface area contributed by atoms with Gasteiger partial charge in [0.25, 0.3) is 0 Å². The first-order chi connectivity index (χ1) is 37.6. The topological polar surface area (TPSA) is 72.8 Å². The number of aliphatic hydroxyl groups excluding tert-OH is 1. The quantitative estimate of drug-likeness (QED) is 0.0373. The van der Waals surface area contributed by atoms with Gasteiger partial charge in [-0.05, 0) is 148 Å². The lowest BCUT2D eigenvalue weighted by atomic mass is 10.1. The molecule has 1 unspecified atom stereocenters. The van der Waals surface area contributed by atoms with Gasteiger partial charge in [0.05, 0.1) is 6.61 Å². The molecule has 0 aliphatic rings. The van der Waals surface area contributed by atoms with Crippen LogP contribution >= 0.6 is 0 Å². The highest BCUT2D eigenvalue weighted by atomic mass is 16.6. The number of hydrogen-bond donors (Lipinski definition) is 1. The van der Waals surface area contributed by atoms with Gasteiger partial charge in [-0.15, -0.1) is 0 Å². The molecule has 1 atom stereocenters. The van der Waals surface area contributed by atoms with Crippen LogP contribution in [0.4, 0.5) is 0 Å². The Balaban J connectivity index is 3.71. The van der Waals surface area contributed by atoms with Crippen LogP contribution in [0.15, 0.2) is 207 Å². The molecule has 0 saturated heterocycles. The van der Waals surface area contributed by atoms with Crippen LogP contribution in [0, 0.1) is 0 Å². The van der Waals surface area contributed by atoms with Gasteiger partial charge in [0, 0.05) is 12.8 Å². The summed E-state index contributed by atoms with van der Waals surface area (Å²) < 4.78 is 10.7. The molecule has 0 aromatic heterocycles. The first-order valence-electron chi connectivity index (χ1n) is 29.6. The van der Waals surface area contributed by atoms with Crippen molar-refractivity contribution in [1.29, 1.82) is 0 Å². The molecule has 0 bridgehead atoms. The molecule has 0 amide bonds. The van der Waals surface area contributed by atoms with Crippen LogP contribution in [0.25, 0.3) is 0 Å². The van der Waals surface area contributed by atoms with Gasteiger partial charge in [-0.2, -0.15) is 0 Å². The Morgan fingerprint density at radius 1 is 0.303 bits per heavy atom. The van der Waals surface area contributed by atoms with Crippen molar-refractivity contribution in [1.82, 2.24) is 0 Å². The second kappa shape index (κ2) is 63.8. The number of allylic oxidation sites excluding steroid dienone is 34. The number of rotatable bonds is 51. The van der Waals surface area contributed by atoms with Gasteiger partial charge in [-0.1, -0.05) is 253 Å². The summed E-state index contributed by atoms with van der Waals surface area (Å²) in [6.45, 7) is 3.85. The summed E-state index contributed by atoms with van der Waals surface area (Å²) in [7, 11) is 0. The van der Waals surface area contributed by atoms with Crippen LogP contribution in [0.2, 0.25) is 0 Å². The van der Waals surface area contributed by atoms with Crippen LogP contribution < -0.4 is 0 Å². The number of esters is 2. The van der Waals surface area contributed by atoms with E-state index in [4.69, 9.17) is 9.47 Å². The maximum atomic E-state index is 12.3. The molecule has 0 fully saturated rings. The van der Waals surface area contributed by atoms with E-state index in [0.29, 0.717) is 12.8 Å². The minimum Gasteiger partial charge on any atom is -0.462 e. The molecule has 5 nitrogen and oxygen atoms in total. The van der Waals surface area contributed by atoms with Crippen LogP contribution in [-0.2, 0) is 19.1 Å². The minimum atomic E-state index is -0.813. The summed E-state index contributed by atoms with van der Waals surface area (Å²) in [5, 5.41) is 9.66. The Morgan fingerprint density at radius 2 is 0.526 bits per heavy atom. The fraction of sp³-hybridized carbons (Fsp3) is 0.493. The van der Waals surface area contributed by atoms with Gasteiger partial charge in [0.15, 0.2) is 6.10 Å². The molecular weight excluding hydrogens is 933 g/mol. The molecule has 0 heterocycles. The highest BCUT2D eigenvalue weighted by Crippen LogP contribution is 2.12. The number of aliphatic hydroxyl groups is 1. The number of unbranched alkanes of at least 4 members (excludes halogenated alkanes) is 9. The van der Waals surface area contributed by atoms with Crippen molar-refractivity contribution in [2.75, 3.05) is 13.2 Å². The first-order valence-corrected chi connectivity index (χ1v) is 29.6. The Hall–Kier alpha value is -5.52. The van der Waals surface area contributed by atoms with Gasteiger partial charge < -0.3 is 14.6 Å². The first kappa shape index (κ1) is 70.5. The fourth-order valence-corrected chi connectivity index (χ4v) is 7.21. The lowest BCUT2D eigenvalue weighted by molar-refractivity contribution is -0.161. The van der Waals surface area contributed by atoms with Gasteiger partial charge >= 0.3 is 11.9 Å². The Kier molecular flexibility index (Phi) is 59.1. The smallest absolute Gasteiger partial charge is 0.306 e. The van der Waals surface area contributed by atoms with Crippen LogP contribution in [0.1, 0.15) is 206 Å². The number of ether oxygens (including phenoxy) is 2. The van der Waals surface area contributed by atoms with E-state index in [2.05, 4.69) is 220 Å². The molecule has 420 valence electrons. The minimum absolute atomic E-state index is 0.105. The molecule has 0 aromatic carbocycles. The summed E-state index contributed by atoms with van der Waals surface area (Å²) >= 11 is 0. The van der Waals surface area contributed by atoms with E-state index in [1.165, 1.54) is 12.8 Å². The lowest BCUT2D eigenvalue weighted by Crippen LogP contribution is -2.28. The molecule has 0 aliphatic carbocycles. The summed E-state index contributed by atoms with van der Waals surface area (Å²) in [5.41, 5.74) is 0. The molecule has 0 spiro atoms. The molecule has 0 saturated carbocycles. The summed E-state index contributed by atoms with van der Waals surface area (Å²) in [4.78, 5) is 24.5. The lowest BCUT2D eigenvalue weighted by Gasteiger charge is -2.15. The molecule has 0 radical (unpaired) electrons. The highest BCUT2D eigenvalue weighted by molar-refractivity contribution is 5.70. The predicted octanol–water partition coefficient (Wildman–Crippen LogP) is 20.6. The van der Waals surface area contributed by atoms with E-state index in [1.807, 2.05) is 0 Å². The zero-order valence-electron chi connectivity index (χ0n) is 47.9. The number of carbonyl (C=O) groups excluding carboxylic acids is 2. The Morgan fingerprint density at radius 3 is 0.803 bits per heavy atom. The van der Waals surface area contributed by atoms with E-state index in [1.54, 1.807) is 0 Å². The monoisotopic (exact) mass is 1040 g/mol. The number of hydrogen-bond acceptors (Lipinski definition) is 5. The molecule has 0 rings (SSSR count). The van der Waals surface area contributed by atoms with Crippen LogP contribution in [-0.4, -0.2) is 36.4 Å². The van der Waals surface area contributed by atoms with Crippen molar-refractivity contribution in [3.8, 4) is 0 Å². The summed E-state index contributed by atoms with van der Waals surface area (Å²) in [5.74, 6) is -0.665. The van der Waals surface area contributed by atoms with Gasteiger partial charge in [-0.25, -0.2) is 0 Å². The largest absolute Gasteiger partial charge is 0.462 e. The van der Waals surface area contributed by atoms with E-state index >= 15 is 0 Å². The molecule has 76 heavy (non-hydrogen) atoms. The second-order valence-corrected chi connectivity index (χ2v) is 18.6. The van der Waals surface area contributed by atoms with E-state index in [-0.39, 0.29) is 25.2 Å². The maximum absolute atomic E-state index is 12.3. The van der Waals surface area contributed by atoms with E-state index in [0.717, 1.165) is 167 Å². The average molecular weight is 1040 g/mol. The van der Waals surface area contributed by atoms with Crippen molar-refractivity contribution < 1.29 is 24.2 Å². The molecule has 0 aromatic rings. The Bertz CT molecular complexity index is 1840. The SMILES string of the molecule is CC/C=C\C/C=C\C/C=C\C/C=C\C/C=C\C/C=C\C/C=C\C/C=C\C/C=C\C/C=C\CCCCCCCCC(=O)OC(CO)COC(=O)CCCCC/C=C\C/C=C\C/C=C\C/C=C\C/C=C\C/C=C\C/C=C\CC. The average Bonchev–Trinajstić information content (AvgIpc) is 3.42. The van der Waals surface area contributed by atoms with Crippen LogP contribution in [0.3, 0.4) is 0 Å². The normalized spacial score (nSPS) is 13.8. The molecule has 1 N–H and O–H groups in total. The third-order valence-electron chi connectivity index (χ3n) is 11.6. The third-order valence-corrected chi connectivity index (χ3v) is 11.6. The van der Waals surface area contributed by atoms with Crippen molar-refractivity contribution >= 4 is 11.9 Å². The van der Waals surface area contributed by atoms with E-state index < -0.39 is 6.10 Å². The van der Waals surface area contributed by atoms with Crippen LogP contribution in [0.5, 0.6) is 0 Å². The van der Waals surface area contributed by atoms with Crippen molar-refractivity contribution in [2.45, 2.75) is 213 Å². The third kappa shape index (κ3) is 61.0. The summed E-state index contributed by atoms with van der Waals surface area (Å²) in [6.07, 6.45) is 104. The van der Waals surface area contributed by atoms with E-state index in [9.17, 15) is 14.7 Å². The summed E-state index contributed by atoms with van der Waals surface area (Å²) in [6, 6.07) is 0. The van der Waals surface area contributed by atoms with Crippen molar-refractivity contribution in [2.24, 2.45) is 0 Å². The standard InChI is InChI=1S/C71H106O5/c1-3-5-7-9-11-13-15-17-19-21-23-25-27-29-30-31-32-33-34-35-36-37-38-39-40-42-44-46-48-50-52-54-56-58-60-62-64-66-71(74)76-69(67-72)68-75-70(73)65-63-61-59-57-55-53-51-49-47-45-43-41-28-26-24-22-20-18-16-14-12-10-8-6-4-2/h5-8,11-14,17-20,23-26,29-30,32-33,35-36,38-39,41-44,47-50,53,55,69,72H,3-4,9-10,15-16,21-22,27-28,31,34,37,40,45-46,51-52,54,56-68H2,1-2H3/b7-5-,8-6-,13-11-,14-12-,19-17-,20-18-,25-23-,26-24-,30-29-,33-32-,36-35-,39-38-,43-41-,44-42-,49-47-,50-48-,55-53-. The van der Waals surface area contributed by atoms with Crippen molar-refractivity contribution in [3.05, 3.63) is 207 Å². The second-order valence-electron chi connectivity index (χ2n) is 18.6. The highest BCUT2D eigenvalue weighted by Gasteiger charge is 2.16. The molecule has 5 heteroatoms. The zero-order chi connectivity index (χ0) is 54.8. The molecule has 0 aliphatic heterocycles. The maximum Gasteiger partial charge on any atom is 0.306 e. The predicted molar refractivity (Wildman–Crippen MR) is 333 cm³/mol. The fourth-order valence-electron chi connectivity index (χ4n) is 7.21. The zero-order valence-corrected chi connectivity index (χ0v) is 47.9. The molecular formula is C71H106O5. The van der Waals surface area contributed by atoms with Gasteiger partial charge in [0.2, 0.25) is 0 Å². The van der Waals surface area contributed by atoms with Gasteiger partial charge in [0.1, 0.15) is 6.61 Å². The Labute approximate surface area is 466 Å².